The molecule has 3 heterocycles. The van der Waals surface area contributed by atoms with Crippen LogP contribution in [0.4, 0.5) is 0 Å². The Morgan fingerprint density at radius 1 is 0.514 bits per heavy atom. The van der Waals surface area contributed by atoms with Crippen LogP contribution in [0.1, 0.15) is 18.6 Å². The first-order valence-electron chi connectivity index (χ1n) is 12.0. The summed E-state index contributed by atoms with van der Waals surface area (Å²) in [5.41, 5.74) is 4.57. The molecular formula is C30H23N5. The normalized spacial score (nSPS) is 11.8. The number of aryl methyl sites for hydroxylation is 1. The van der Waals surface area contributed by atoms with Crippen LogP contribution < -0.4 is 0 Å². The van der Waals surface area contributed by atoms with E-state index in [9.17, 15) is 0 Å². The van der Waals surface area contributed by atoms with Gasteiger partial charge in [0.2, 0.25) is 5.95 Å². The van der Waals surface area contributed by atoms with Gasteiger partial charge in [0.05, 0.1) is 17.6 Å². The fraction of sp³-hybridized carbons (Fsp3) is 0.100. The van der Waals surface area contributed by atoms with Gasteiger partial charge >= 0.3 is 0 Å². The summed E-state index contributed by atoms with van der Waals surface area (Å²) < 4.78 is 4.48. The maximum Gasteiger partial charge on any atom is 0.238 e. The third-order valence-electron chi connectivity index (χ3n) is 6.79. The number of fused-ring (bicyclic) bond motifs is 6. The fourth-order valence-corrected chi connectivity index (χ4v) is 5.24. The minimum absolute atomic E-state index is 0.577. The molecule has 0 aliphatic heterocycles. The molecule has 0 radical (unpaired) electrons. The van der Waals surface area contributed by atoms with E-state index in [1.165, 1.54) is 32.6 Å². The molecule has 7 aromatic rings. The van der Waals surface area contributed by atoms with Gasteiger partial charge in [-0.15, -0.1) is 0 Å². The zero-order valence-corrected chi connectivity index (χ0v) is 19.4. The highest BCUT2D eigenvalue weighted by Crippen LogP contribution is 2.32. The summed E-state index contributed by atoms with van der Waals surface area (Å²) in [6.07, 6.45) is 0.743. The predicted octanol–water partition coefficient (Wildman–Crippen LogP) is 6.69. The van der Waals surface area contributed by atoms with Crippen molar-refractivity contribution in [2.75, 3.05) is 0 Å². The van der Waals surface area contributed by atoms with Gasteiger partial charge in [0.1, 0.15) is 5.82 Å². The van der Waals surface area contributed by atoms with Gasteiger partial charge in [0.15, 0.2) is 5.82 Å². The van der Waals surface area contributed by atoms with E-state index in [0.717, 1.165) is 29.1 Å². The number of benzene rings is 4. The highest BCUT2D eigenvalue weighted by Gasteiger charge is 2.17. The summed E-state index contributed by atoms with van der Waals surface area (Å²) >= 11 is 0. The topological polar surface area (TPSA) is 48.5 Å². The standard InChI is InChI=1S/C30H23N5/c1-2-28-31-29(19-34-24-15-7-3-11-20(24)21-12-4-8-16-25(21)34)33-30(32-28)35-26-17-9-5-13-22(26)23-14-6-10-18-27(23)35/h3-18H,2,19H2,1H3. The van der Waals surface area contributed by atoms with Gasteiger partial charge in [-0.25, -0.2) is 4.98 Å². The van der Waals surface area contributed by atoms with Crippen LogP contribution in [0.5, 0.6) is 0 Å². The molecule has 0 saturated carbocycles. The van der Waals surface area contributed by atoms with E-state index in [1.54, 1.807) is 0 Å². The lowest BCUT2D eigenvalue weighted by Gasteiger charge is -2.11. The highest BCUT2D eigenvalue weighted by atomic mass is 15.2. The highest BCUT2D eigenvalue weighted by molar-refractivity contribution is 6.09. The molecule has 0 aliphatic rings. The van der Waals surface area contributed by atoms with Crippen molar-refractivity contribution in [3.63, 3.8) is 0 Å². The first kappa shape index (κ1) is 19.9. The van der Waals surface area contributed by atoms with Crippen LogP contribution in [0.25, 0.3) is 49.6 Å². The van der Waals surface area contributed by atoms with Crippen molar-refractivity contribution in [1.29, 1.82) is 0 Å². The number of hydrogen-bond acceptors (Lipinski definition) is 3. The van der Waals surface area contributed by atoms with E-state index in [1.807, 2.05) is 0 Å². The van der Waals surface area contributed by atoms with Crippen LogP contribution in [0.15, 0.2) is 97.1 Å². The van der Waals surface area contributed by atoms with Gasteiger partial charge < -0.3 is 4.57 Å². The smallest absolute Gasteiger partial charge is 0.238 e. The second-order valence-corrected chi connectivity index (χ2v) is 8.81. The van der Waals surface area contributed by atoms with Crippen molar-refractivity contribution in [2.24, 2.45) is 0 Å². The molecule has 0 N–H and O–H groups in total. The second kappa shape index (κ2) is 7.77. The Labute approximate surface area is 202 Å². The molecule has 35 heavy (non-hydrogen) atoms. The molecule has 4 aromatic carbocycles. The minimum Gasteiger partial charge on any atom is -0.333 e. The molecule has 0 atom stereocenters. The van der Waals surface area contributed by atoms with E-state index < -0.39 is 0 Å². The summed E-state index contributed by atoms with van der Waals surface area (Å²) in [5, 5.41) is 4.89. The largest absolute Gasteiger partial charge is 0.333 e. The van der Waals surface area contributed by atoms with Crippen molar-refractivity contribution >= 4 is 43.6 Å². The van der Waals surface area contributed by atoms with Gasteiger partial charge in [-0.3, -0.25) is 4.57 Å². The van der Waals surface area contributed by atoms with Gasteiger partial charge in [-0.1, -0.05) is 79.7 Å². The summed E-state index contributed by atoms with van der Waals surface area (Å²) in [5.74, 6) is 2.23. The molecule has 0 bridgehead atoms. The molecule has 0 aliphatic carbocycles. The van der Waals surface area contributed by atoms with E-state index in [4.69, 9.17) is 15.0 Å². The molecular weight excluding hydrogens is 430 g/mol. The Balaban J connectivity index is 1.46. The number of para-hydroxylation sites is 4. The van der Waals surface area contributed by atoms with Crippen molar-refractivity contribution in [3.8, 4) is 5.95 Å². The Morgan fingerprint density at radius 3 is 1.46 bits per heavy atom. The monoisotopic (exact) mass is 453 g/mol. The van der Waals surface area contributed by atoms with Crippen LogP contribution in [0.3, 0.4) is 0 Å². The lowest BCUT2D eigenvalue weighted by Crippen LogP contribution is -2.12. The molecule has 0 unspecified atom stereocenters. The average Bonchev–Trinajstić information content (AvgIpc) is 3.42. The molecule has 5 heteroatoms. The molecule has 7 rings (SSSR count). The van der Waals surface area contributed by atoms with Gasteiger partial charge in [-0.05, 0) is 24.3 Å². The van der Waals surface area contributed by atoms with Crippen LogP contribution in [-0.4, -0.2) is 24.1 Å². The Kier molecular flexibility index (Phi) is 4.42. The third-order valence-corrected chi connectivity index (χ3v) is 6.79. The predicted molar refractivity (Wildman–Crippen MR) is 142 cm³/mol. The van der Waals surface area contributed by atoms with Crippen LogP contribution >= 0.6 is 0 Å². The molecule has 3 aromatic heterocycles. The Morgan fingerprint density at radius 2 is 0.943 bits per heavy atom. The molecule has 5 nitrogen and oxygen atoms in total. The number of rotatable bonds is 4. The lowest BCUT2D eigenvalue weighted by atomic mass is 10.2. The van der Waals surface area contributed by atoms with Gasteiger partial charge in [-0.2, -0.15) is 9.97 Å². The van der Waals surface area contributed by atoms with E-state index in [2.05, 4.69) is 113 Å². The molecule has 0 spiro atoms. The Hall–Kier alpha value is -4.51. The van der Waals surface area contributed by atoms with Crippen LogP contribution in [0, 0.1) is 0 Å². The zero-order chi connectivity index (χ0) is 23.4. The summed E-state index contributed by atoms with van der Waals surface area (Å²) in [4.78, 5) is 14.8. The van der Waals surface area contributed by atoms with Crippen LogP contribution in [-0.2, 0) is 13.0 Å². The second-order valence-electron chi connectivity index (χ2n) is 8.81. The number of hydrogen-bond donors (Lipinski definition) is 0. The average molecular weight is 454 g/mol. The van der Waals surface area contributed by atoms with Crippen molar-refractivity contribution in [1.82, 2.24) is 24.1 Å². The number of aromatic nitrogens is 5. The zero-order valence-electron chi connectivity index (χ0n) is 19.4. The first-order chi connectivity index (χ1) is 17.3. The minimum atomic E-state index is 0.577. The first-order valence-corrected chi connectivity index (χ1v) is 12.0. The van der Waals surface area contributed by atoms with Crippen molar-refractivity contribution in [3.05, 3.63) is 109 Å². The maximum absolute atomic E-state index is 5.03. The quantitative estimate of drug-likeness (QED) is 0.298. The summed E-state index contributed by atoms with van der Waals surface area (Å²) in [7, 11) is 0. The van der Waals surface area contributed by atoms with E-state index in [0.29, 0.717) is 12.5 Å². The lowest BCUT2D eigenvalue weighted by molar-refractivity contribution is 0.738. The van der Waals surface area contributed by atoms with Gasteiger partial charge in [0.25, 0.3) is 0 Å². The van der Waals surface area contributed by atoms with E-state index in [-0.39, 0.29) is 0 Å². The van der Waals surface area contributed by atoms with Crippen molar-refractivity contribution in [2.45, 2.75) is 19.9 Å². The van der Waals surface area contributed by atoms with Gasteiger partial charge in [0, 0.05) is 39.0 Å². The maximum atomic E-state index is 5.03. The molecule has 0 saturated heterocycles. The molecule has 0 amide bonds. The SMILES string of the molecule is CCc1nc(Cn2c3ccccc3c3ccccc32)nc(-n2c3ccccc3c3ccccc32)n1. The van der Waals surface area contributed by atoms with Crippen LogP contribution in [0.2, 0.25) is 0 Å². The van der Waals surface area contributed by atoms with Crippen molar-refractivity contribution < 1.29 is 0 Å². The summed E-state index contributed by atoms with van der Waals surface area (Å²) in [6, 6.07) is 34.0. The number of nitrogens with zero attached hydrogens (tertiary/aromatic N) is 5. The molecule has 168 valence electrons. The molecule has 0 fully saturated rings. The summed E-state index contributed by atoms with van der Waals surface area (Å²) in [6.45, 7) is 2.67. The fourth-order valence-electron chi connectivity index (χ4n) is 5.24. The van der Waals surface area contributed by atoms with E-state index >= 15 is 0 Å². The Bertz CT molecular complexity index is 1770. The third kappa shape index (κ3) is 3.05.